The van der Waals surface area contributed by atoms with Crippen molar-refractivity contribution in [1.82, 2.24) is 19.1 Å². The summed E-state index contributed by atoms with van der Waals surface area (Å²) in [6, 6.07) is 70.7. The summed E-state index contributed by atoms with van der Waals surface area (Å²) in [6.45, 7) is 7.83. The maximum atomic E-state index is 9.95. The molecule has 314 valence electrons. The topological polar surface area (TPSA) is 63.8 Å². The zero-order chi connectivity index (χ0) is 45.3. The van der Waals surface area contributed by atoms with E-state index >= 15 is 0 Å². The van der Waals surface area contributed by atoms with Crippen LogP contribution in [0.5, 0.6) is 0 Å². The Hall–Kier alpha value is -9.62. The summed E-state index contributed by atoms with van der Waals surface area (Å²) in [4.78, 5) is 12.7. The molecule has 13 aromatic rings. The summed E-state index contributed by atoms with van der Waals surface area (Å²) >= 11 is 0. The number of para-hydroxylation sites is 2. The van der Waals surface area contributed by atoms with Crippen molar-refractivity contribution < 1.29 is 0 Å². The summed E-state index contributed by atoms with van der Waals surface area (Å²) in [5, 5.41) is 18.7. The van der Waals surface area contributed by atoms with Gasteiger partial charge in [-0.25, -0.2) is 4.85 Å². The molecule has 0 saturated carbocycles. The van der Waals surface area contributed by atoms with Crippen molar-refractivity contribution in [3.8, 4) is 62.0 Å². The number of pyridine rings is 2. The maximum Gasteiger partial charge on any atom is 0.188 e. The number of benzene rings is 9. The second kappa shape index (κ2) is 15.5. The summed E-state index contributed by atoms with van der Waals surface area (Å²) in [7, 11) is 0. The minimum atomic E-state index is 0.617. The average Bonchev–Trinajstić information content (AvgIpc) is 3.92. The molecule has 0 spiro atoms. The molecule has 0 aliphatic rings. The van der Waals surface area contributed by atoms with E-state index in [9.17, 15) is 5.26 Å². The first-order valence-corrected chi connectivity index (χ1v) is 22.5. The predicted octanol–water partition coefficient (Wildman–Crippen LogP) is 16.1. The van der Waals surface area contributed by atoms with E-state index < -0.39 is 0 Å². The van der Waals surface area contributed by atoms with Gasteiger partial charge >= 0.3 is 0 Å². The van der Waals surface area contributed by atoms with E-state index in [1.807, 2.05) is 61.2 Å². The van der Waals surface area contributed by atoms with Gasteiger partial charge in [0.2, 0.25) is 0 Å². The molecule has 0 bridgehead atoms. The normalized spacial score (nSPS) is 11.5. The van der Waals surface area contributed by atoms with E-state index in [1.165, 1.54) is 0 Å². The van der Waals surface area contributed by atoms with Gasteiger partial charge in [-0.1, -0.05) is 78.9 Å². The molecule has 0 unspecified atom stereocenters. The summed E-state index contributed by atoms with van der Waals surface area (Å²) < 4.78 is 4.57. The molecule has 0 saturated heterocycles. The van der Waals surface area contributed by atoms with Crippen molar-refractivity contribution in [2.45, 2.75) is 0 Å². The first kappa shape index (κ1) is 38.8. The summed E-state index contributed by atoms with van der Waals surface area (Å²) in [5.41, 5.74) is 16.5. The average molecular weight is 865 g/mol. The maximum absolute atomic E-state index is 9.95. The third kappa shape index (κ3) is 6.10. The molecule has 0 amide bonds. The van der Waals surface area contributed by atoms with Crippen LogP contribution in [0.1, 0.15) is 5.56 Å². The zero-order valence-electron chi connectivity index (χ0n) is 36.5. The first-order valence-electron chi connectivity index (χ1n) is 22.5. The van der Waals surface area contributed by atoms with Crippen LogP contribution in [0.15, 0.2) is 219 Å². The van der Waals surface area contributed by atoms with E-state index in [2.05, 4.69) is 188 Å². The van der Waals surface area contributed by atoms with E-state index in [0.717, 1.165) is 121 Å². The minimum Gasteiger partial charge on any atom is -0.309 e. The van der Waals surface area contributed by atoms with Gasteiger partial charge in [-0.3, -0.25) is 9.97 Å². The van der Waals surface area contributed by atoms with Crippen LogP contribution in [0.2, 0.25) is 0 Å². The molecule has 13 rings (SSSR count). The molecule has 4 aromatic heterocycles. The molecule has 6 heteroatoms. The van der Waals surface area contributed by atoms with Gasteiger partial charge in [0.15, 0.2) is 5.69 Å². The molecule has 0 aliphatic heterocycles. The highest BCUT2D eigenvalue weighted by Crippen LogP contribution is 2.47. The van der Waals surface area contributed by atoms with Crippen molar-refractivity contribution in [2.24, 2.45) is 0 Å². The molecular formula is C62H36N6. The van der Waals surface area contributed by atoms with E-state index in [-0.39, 0.29) is 0 Å². The van der Waals surface area contributed by atoms with Gasteiger partial charge < -0.3 is 9.13 Å². The second-order valence-corrected chi connectivity index (χ2v) is 17.2. The van der Waals surface area contributed by atoms with Crippen molar-refractivity contribution in [3.05, 3.63) is 236 Å². The molecule has 4 heterocycles. The van der Waals surface area contributed by atoms with Crippen LogP contribution in [0, 0.1) is 17.9 Å². The van der Waals surface area contributed by atoms with Crippen molar-refractivity contribution in [1.29, 1.82) is 5.26 Å². The SMILES string of the molecule is [C-]#[N+]c1ccc2c(c1)c1cc(-c3ccc4c(-c5ccncc5)c5cc(-c6ccc7c(c6)c6cc(C#N)ccc6n7-c6ccccc6)ccc5c(-c5ccncc5)c4c3)ccc1n2-c1ccccc1. The molecular weight excluding hydrogens is 829 g/mol. The third-order valence-electron chi connectivity index (χ3n) is 13.5. The van der Waals surface area contributed by atoms with Crippen molar-refractivity contribution in [3.63, 3.8) is 0 Å². The standard InChI is InChI=1S/C62H36N6/c1-64-46-17-23-60-54(37-46)53-34-45(16-22-59(53)68(60)48-10-6-3-7-11-48)43-14-19-50-56(36-43)62(41-26-30-66-31-27-41)49-18-13-42(35-55(49)61(50)40-24-28-65-29-25-40)44-15-21-58-52(33-44)51-32-39(38-63)12-20-57(51)67(58)47-8-4-2-5-9-47/h2-37H. The molecule has 6 nitrogen and oxygen atoms in total. The Balaban J connectivity index is 1.05. The van der Waals surface area contributed by atoms with Crippen molar-refractivity contribution >= 4 is 70.8 Å². The second-order valence-electron chi connectivity index (χ2n) is 17.2. The number of nitriles is 1. The lowest BCUT2D eigenvalue weighted by Crippen LogP contribution is -1.94. The Morgan fingerprint density at radius 1 is 0.368 bits per heavy atom. The highest BCUT2D eigenvalue weighted by atomic mass is 15.0. The van der Waals surface area contributed by atoms with E-state index in [0.29, 0.717) is 11.3 Å². The fraction of sp³-hybridized carbons (Fsp3) is 0. The quantitative estimate of drug-likeness (QED) is 0.124. The summed E-state index contributed by atoms with van der Waals surface area (Å²) in [6.07, 6.45) is 7.48. The van der Waals surface area contributed by atoms with Crippen LogP contribution in [0.4, 0.5) is 5.69 Å². The number of rotatable bonds is 6. The number of fused-ring (bicyclic) bond motifs is 8. The van der Waals surface area contributed by atoms with Crippen LogP contribution < -0.4 is 0 Å². The lowest BCUT2D eigenvalue weighted by Gasteiger charge is -2.19. The predicted molar refractivity (Wildman–Crippen MR) is 278 cm³/mol. The van der Waals surface area contributed by atoms with Gasteiger partial charge in [0, 0.05) is 52.3 Å². The Morgan fingerprint density at radius 2 is 0.765 bits per heavy atom. The Morgan fingerprint density at radius 3 is 1.22 bits per heavy atom. The van der Waals surface area contributed by atoms with Gasteiger partial charge in [0.1, 0.15) is 0 Å². The fourth-order valence-corrected chi connectivity index (χ4v) is 10.5. The number of hydrogen-bond acceptors (Lipinski definition) is 3. The first-order chi connectivity index (χ1) is 33.6. The van der Waals surface area contributed by atoms with Gasteiger partial charge in [0.25, 0.3) is 0 Å². The molecule has 0 fully saturated rings. The number of hydrogen-bond donors (Lipinski definition) is 0. The molecule has 0 radical (unpaired) electrons. The zero-order valence-corrected chi connectivity index (χ0v) is 36.5. The molecule has 68 heavy (non-hydrogen) atoms. The largest absolute Gasteiger partial charge is 0.309 e. The van der Waals surface area contributed by atoms with Gasteiger partial charge in [0.05, 0.1) is 40.3 Å². The van der Waals surface area contributed by atoms with Gasteiger partial charge in [-0.2, -0.15) is 5.26 Å². The van der Waals surface area contributed by atoms with Crippen molar-refractivity contribution in [2.75, 3.05) is 0 Å². The number of aromatic nitrogens is 4. The Bertz CT molecular complexity index is 3970. The Labute approximate surface area is 391 Å². The smallest absolute Gasteiger partial charge is 0.188 e. The van der Waals surface area contributed by atoms with Crippen LogP contribution in [0.25, 0.3) is 126 Å². The van der Waals surface area contributed by atoms with Crippen LogP contribution >= 0.6 is 0 Å². The van der Waals surface area contributed by atoms with E-state index in [4.69, 9.17) is 6.57 Å². The number of nitrogens with zero attached hydrogens (tertiary/aromatic N) is 6. The summed E-state index contributed by atoms with van der Waals surface area (Å²) in [5.74, 6) is 0. The monoisotopic (exact) mass is 864 g/mol. The Kier molecular flexibility index (Phi) is 8.86. The molecule has 9 aromatic carbocycles. The van der Waals surface area contributed by atoms with Gasteiger partial charge in [-0.05, 0) is 187 Å². The van der Waals surface area contributed by atoms with Gasteiger partial charge in [-0.15, -0.1) is 0 Å². The molecule has 0 aliphatic carbocycles. The lowest BCUT2D eigenvalue weighted by atomic mass is 9.84. The fourth-order valence-electron chi connectivity index (χ4n) is 10.5. The van der Waals surface area contributed by atoms with Crippen LogP contribution in [0.3, 0.4) is 0 Å². The highest BCUT2D eigenvalue weighted by molar-refractivity contribution is 6.23. The highest BCUT2D eigenvalue weighted by Gasteiger charge is 2.21. The van der Waals surface area contributed by atoms with E-state index in [1.54, 1.807) is 0 Å². The third-order valence-corrected chi connectivity index (χ3v) is 13.5. The molecule has 0 N–H and O–H groups in total. The minimum absolute atomic E-state index is 0.617. The van der Waals surface area contributed by atoms with Crippen LogP contribution in [-0.2, 0) is 0 Å². The van der Waals surface area contributed by atoms with Crippen LogP contribution in [-0.4, -0.2) is 19.1 Å². The molecule has 0 atom stereocenters. The lowest BCUT2D eigenvalue weighted by molar-refractivity contribution is 1.18.